The maximum atomic E-state index is 12.0. The number of methoxy groups -OCH3 is 1. The Kier molecular flexibility index (Phi) is 3.53. The van der Waals surface area contributed by atoms with Gasteiger partial charge in [-0.25, -0.2) is 0 Å². The molecule has 1 aromatic heterocycles. The molecule has 0 aliphatic carbocycles. The van der Waals surface area contributed by atoms with Crippen molar-refractivity contribution in [3.8, 4) is 5.75 Å². The molecule has 1 amide bonds. The minimum absolute atomic E-state index is 0.150. The monoisotopic (exact) mass is 288 g/mol. The number of Topliss-reactive ketones (excluding diaryl/α,β-unsaturated/α-hetero) is 1. The predicted molar refractivity (Wildman–Crippen MR) is 81.7 cm³/mol. The van der Waals surface area contributed by atoms with Gasteiger partial charge in [0.15, 0.2) is 0 Å². The van der Waals surface area contributed by atoms with E-state index in [-0.39, 0.29) is 5.41 Å². The molecule has 1 aromatic carbocycles. The van der Waals surface area contributed by atoms with Crippen LogP contribution in [0.3, 0.4) is 0 Å². The number of ether oxygens (including phenoxy) is 1. The van der Waals surface area contributed by atoms with E-state index in [1.54, 1.807) is 17.9 Å². The molecule has 112 valence electrons. The van der Waals surface area contributed by atoms with Crippen molar-refractivity contribution in [3.05, 3.63) is 29.5 Å². The second kappa shape index (κ2) is 4.91. The minimum Gasteiger partial charge on any atom is -0.496 e. The Morgan fingerprint density at radius 2 is 1.86 bits per heavy atom. The fraction of sp³-hybridized carbons (Fsp3) is 0.375. The Balaban J connectivity index is 2.82. The van der Waals surface area contributed by atoms with Gasteiger partial charge in [-0.3, -0.25) is 9.59 Å². The van der Waals surface area contributed by atoms with Crippen LogP contribution in [0.1, 0.15) is 36.7 Å². The van der Waals surface area contributed by atoms with E-state index in [0.29, 0.717) is 10.9 Å². The Morgan fingerprint density at radius 1 is 1.24 bits per heavy atom. The summed E-state index contributed by atoms with van der Waals surface area (Å²) in [6.45, 7) is 6.19. The Morgan fingerprint density at radius 3 is 2.33 bits per heavy atom. The highest BCUT2D eigenvalue weighted by Gasteiger charge is 2.24. The maximum Gasteiger partial charge on any atom is 0.289 e. The number of hydrogen-bond acceptors (Lipinski definition) is 3. The molecule has 0 saturated carbocycles. The smallest absolute Gasteiger partial charge is 0.289 e. The van der Waals surface area contributed by atoms with Crippen molar-refractivity contribution in [2.24, 2.45) is 12.8 Å². The van der Waals surface area contributed by atoms with Crippen LogP contribution >= 0.6 is 0 Å². The highest BCUT2D eigenvalue weighted by molar-refractivity contribution is 6.44. The molecule has 0 bridgehead atoms. The first kappa shape index (κ1) is 15.1. The van der Waals surface area contributed by atoms with Crippen LogP contribution in [0.25, 0.3) is 10.9 Å². The quantitative estimate of drug-likeness (QED) is 0.694. The van der Waals surface area contributed by atoms with Crippen LogP contribution in [0.4, 0.5) is 0 Å². The third-order valence-electron chi connectivity index (χ3n) is 3.59. The summed E-state index contributed by atoms with van der Waals surface area (Å²) in [6, 6.07) is 3.79. The van der Waals surface area contributed by atoms with Gasteiger partial charge >= 0.3 is 0 Å². The molecule has 0 unspecified atom stereocenters. The van der Waals surface area contributed by atoms with Gasteiger partial charge in [0.05, 0.1) is 18.2 Å². The highest BCUT2D eigenvalue weighted by atomic mass is 16.5. The number of nitrogens with two attached hydrogens (primary N) is 1. The summed E-state index contributed by atoms with van der Waals surface area (Å²) in [7, 11) is 3.44. The van der Waals surface area contributed by atoms with Crippen LogP contribution in [0, 0.1) is 0 Å². The Labute approximate surface area is 123 Å². The molecule has 0 spiro atoms. The predicted octanol–water partition coefficient (Wildman–Crippen LogP) is 2.15. The van der Waals surface area contributed by atoms with E-state index in [9.17, 15) is 9.59 Å². The van der Waals surface area contributed by atoms with Crippen molar-refractivity contribution in [1.82, 2.24) is 4.57 Å². The number of aromatic nitrogens is 1. The van der Waals surface area contributed by atoms with E-state index in [2.05, 4.69) is 20.8 Å². The van der Waals surface area contributed by atoms with Crippen molar-refractivity contribution < 1.29 is 14.3 Å². The van der Waals surface area contributed by atoms with Gasteiger partial charge in [0.1, 0.15) is 5.75 Å². The zero-order chi connectivity index (χ0) is 15.9. The lowest BCUT2D eigenvalue weighted by atomic mass is 9.85. The highest BCUT2D eigenvalue weighted by Crippen LogP contribution is 2.36. The number of rotatable bonds is 3. The van der Waals surface area contributed by atoms with Gasteiger partial charge < -0.3 is 15.0 Å². The van der Waals surface area contributed by atoms with E-state index in [0.717, 1.165) is 16.8 Å². The molecule has 5 heteroatoms. The molecule has 0 fully saturated rings. The summed E-state index contributed by atoms with van der Waals surface area (Å²) in [5, 5.41) is 0.715. The Bertz CT molecular complexity index is 736. The number of aryl methyl sites for hydroxylation is 1. The average Bonchev–Trinajstić information content (AvgIpc) is 2.72. The number of carbonyl (C=O) groups excluding carboxylic acids is 2. The molecule has 0 saturated heterocycles. The number of benzene rings is 1. The van der Waals surface area contributed by atoms with Gasteiger partial charge in [0.2, 0.25) is 0 Å². The number of fused-ring (bicyclic) bond motifs is 1. The van der Waals surface area contributed by atoms with Crippen LogP contribution < -0.4 is 10.5 Å². The number of primary amides is 1. The third kappa shape index (κ3) is 2.51. The lowest BCUT2D eigenvalue weighted by Crippen LogP contribution is -2.23. The van der Waals surface area contributed by atoms with Crippen molar-refractivity contribution in [1.29, 1.82) is 0 Å². The van der Waals surface area contributed by atoms with Gasteiger partial charge in [0.25, 0.3) is 11.7 Å². The molecule has 0 radical (unpaired) electrons. The fourth-order valence-corrected chi connectivity index (χ4v) is 2.48. The molecule has 1 heterocycles. The van der Waals surface area contributed by atoms with Crippen LogP contribution in [-0.2, 0) is 17.3 Å². The second-order valence-corrected chi connectivity index (χ2v) is 6.17. The topological polar surface area (TPSA) is 74.3 Å². The van der Waals surface area contributed by atoms with Crippen LogP contribution in [-0.4, -0.2) is 23.4 Å². The fourth-order valence-electron chi connectivity index (χ4n) is 2.48. The first-order chi connectivity index (χ1) is 9.66. The van der Waals surface area contributed by atoms with Gasteiger partial charge in [-0.05, 0) is 11.5 Å². The van der Waals surface area contributed by atoms with Crippen LogP contribution in [0.2, 0.25) is 0 Å². The molecule has 2 rings (SSSR count). The molecule has 2 N–H and O–H groups in total. The summed E-state index contributed by atoms with van der Waals surface area (Å²) >= 11 is 0. The molecule has 2 aromatic rings. The molecular weight excluding hydrogens is 268 g/mol. The Hall–Kier alpha value is -2.30. The number of hydrogen-bond donors (Lipinski definition) is 1. The number of nitrogens with zero attached hydrogens (tertiary/aromatic N) is 1. The molecule has 21 heavy (non-hydrogen) atoms. The van der Waals surface area contributed by atoms with Gasteiger partial charge in [-0.15, -0.1) is 0 Å². The molecule has 5 nitrogen and oxygen atoms in total. The molecule has 0 aliphatic heterocycles. The molecular formula is C16H20N2O3. The van der Waals surface area contributed by atoms with Crippen molar-refractivity contribution in [3.63, 3.8) is 0 Å². The van der Waals surface area contributed by atoms with Gasteiger partial charge in [-0.2, -0.15) is 0 Å². The summed E-state index contributed by atoms with van der Waals surface area (Å²) < 4.78 is 7.25. The van der Waals surface area contributed by atoms with Crippen LogP contribution in [0.15, 0.2) is 18.3 Å². The SMILES string of the molecule is COc1cc2c(cc1C(C)(C)C)c(C(=O)C(N)=O)cn2C. The van der Waals surface area contributed by atoms with Crippen molar-refractivity contribution >= 4 is 22.6 Å². The number of amides is 1. The summed E-state index contributed by atoms with van der Waals surface area (Å²) in [5.41, 5.74) is 7.10. The zero-order valence-corrected chi connectivity index (χ0v) is 13.0. The average molecular weight is 288 g/mol. The lowest BCUT2D eigenvalue weighted by Gasteiger charge is -2.22. The van der Waals surface area contributed by atoms with Gasteiger partial charge in [0, 0.05) is 30.3 Å². The maximum absolute atomic E-state index is 12.0. The van der Waals surface area contributed by atoms with Crippen molar-refractivity contribution in [2.75, 3.05) is 7.11 Å². The standard InChI is InChI=1S/C16H20N2O3/c1-16(2,3)11-6-9-10(14(19)15(17)20)8-18(4)12(9)7-13(11)21-5/h6-8H,1-5H3,(H2,17,20). The van der Waals surface area contributed by atoms with Crippen molar-refractivity contribution in [2.45, 2.75) is 26.2 Å². The summed E-state index contributed by atoms with van der Waals surface area (Å²) in [4.78, 5) is 23.2. The van der Waals surface area contributed by atoms with E-state index in [1.807, 2.05) is 19.2 Å². The second-order valence-electron chi connectivity index (χ2n) is 6.17. The van der Waals surface area contributed by atoms with E-state index < -0.39 is 11.7 Å². The normalized spacial score (nSPS) is 11.7. The zero-order valence-electron chi connectivity index (χ0n) is 13.0. The molecule has 0 aliphatic rings. The first-order valence-electron chi connectivity index (χ1n) is 6.68. The van der Waals surface area contributed by atoms with E-state index in [1.165, 1.54) is 0 Å². The van der Waals surface area contributed by atoms with Crippen LogP contribution in [0.5, 0.6) is 5.75 Å². The van der Waals surface area contributed by atoms with E-state index >= 15 is 0 Å². The molecule has 0 atom stereocenters. The summed E-state index contributed by atoms with van der Waals surface area (Å²) in [5.74, 6) is -0.865. The van der Waals surface area contributed by atoms with Gasteiger partial charge in [-0.1, -0.05) is 20.8 Å². The number of carbonyl (C=O) groups is 2. The van der Waals surface area contributed by atoms with E-state index in [4.69, 9.17) is 10.5 Å². The third-order valence-corrected chi connectivity index (χ3v) is 3.59. The summed E-state index contributed by atoms with van der Waals surface area (Å²) in [6.07, 6.45) is 1.63. The minimum atomic E-state index is -0.948. The first-order valence-corrected chi connectivity index (χ1v) is 6.68. The largest absolute Gasteiger partial charge is 0.496 e. The lowest BCUT2D eigenvalue weighted by molar-refractivity contribution is -0.114. The number of ketones is 1.